The monoisotopic (exact) mass is 276 g/mol. The fourth-order valence-corrected chi connectivity index (χ4v) is 2.52. The molecule has 0 aromatic carbocycles. The van der Waals surface area contributed by atoms with Crippen LogP contribution in [0, 0.1) is 5.92 Å². The van der Waals surface area contributed by atoms with Crippen LogP contribution in [0.1, 0.15) is 46.5 Å². The number of aromatic nitrogens is 1. The van der Waals surface area contributed by atoms with Gasteiger partial charge in [-0.25, -0.2) is 4.98 Å². The van der Waals surface area contributed by atoms with Gasteiger partial charge in [0.2, 0.25) is 0 Å². The van der Waals surface area contributed by atoms with Crippen molar-refractivity contribution >= 4 is 11.8 Å². The third-order valence-corrected chi connectivity index (χ3v) is 3.48. The van der Waals surface area contributed by atoms with Gasteiger partial charge in [-0.3, -0.25) is 4.79 Å². The van der Waals surface area contributed by atoms with Gasteiger partial charge < -0.3 is 10.1 Å². The first-order valence-corrected chi connectivity index (χ1v) is 7.34. The molecule has 0 bridgehead atoms. The molecule has 0 radical (unpaired) electrons. The molecule has 1 aliphatic rings. The maximum Gasteiger partial charge on any atom is 0.309 e. The summed E-state index contributed by atoms with van der Waals surface area (Å²) in [5.74, 6) is 0.915. The zero-order valence-electron chi connectivity index (χ0n) is 12.6. The van der Waals surface area contributed by atoms with Gasteiger partial charge in [-0.15, -0.1) is 0 Å². The first kappa shape index (κ1) is 14.8. The average molecular weight is 276 g/mol. The van der Waals surface area contributed by atoms with Crippen LogP contribution in [0.4, 0.5) is 5.82 Å². The third-order valence-electron chi connectivity index (χ3n) is 3.48. The lowest BCUT2D eigenvalue weighted by atomic mass is 9.86. The first-order valence-electron chi connectivity index (χ1n) is 7.34. The Balaban J connectivity index is 1.79. The predicted molar refractivity (Wildman–Crippen MR) is 79.5 cm³/mol. The predicted octanol–water partition coefficient (Wildman–Crippen LogP) is 3.39. The molecule has 1 fully saturated rings. The van der Waals surface area contributed by atoms with Crippen molar-refractivity contribution < 1.29 is 9.53 Å². The number of nitrogens with one attached hydrogen (secondary N) is 1. The Morgan fingerprint density at radius 2 is 1.95 bits per heavy atom. The van der Waals surface area contributed by atoms with Crippen molar-refractivity contribution in [1.82, 2.24) is 4.98 Å². The van der Waals surface area contributed by atoms with E-state index >= 15 is 0 Å². The number of hydrogen-bond acceptors (Lipinski definition) is 4. The highest BCUT2D eigenvalue weighted by atomic mass is 16.6. The van der Waals surface area contributed by atoms with E-state index in [1.165, 1.54) is 0 Å². The minimum atomic E-state index is -0.389. The van der Waals surface area contributed by atoms with Crippen LogP contribution in [-0.4, -0.2) is 22.6 Å². The first-order chi connectivity index (χ1) is 9.44. The molecule has 0 saturated heterocycles. The Hall–Kier alpha value is -1.58. The molecule has 4 heteroatoms. The van der Waals surface area contributed by atoms with Crippen molar-refractivity contribution in [3.8, 4) is 0 Å². The number of nitrogens with zero attached hydrogens (tertiary/aromatic N) is 1. The van der Waals surface area contributed by atoms with Crippen LogP contribution < -0.4 is 5.32 Å². The SMILES string of the molecule is CC(C)(C)OC(=O)C1CCC(Nc2ccccn2)CC1. The Morgan fingerprint density at radius 3 is 2.50 bits per heavy atom. The number of rotatable bonds is 3. The molecule has 1 aromatic rings. The van der Waals surface area contributed by atoms with Gasteiger partial charge in [0.1, 0.15) is 11.4 Å². The molecule has 0 unspecified atom stereocenters. The van der Waals surface area contributed by atoms with E-state index in [4.69, 9.17) is 4.74 Å². The molecule has 0 atom stereocenters. The smallest absolute Gasteiger partial charge is 0.309 e. The average Bonchev–Trinajstić information content (AvgIpc) is 2.39. The quantitative estimate of drug-likeness (QED) is 0.860. The molecular formula is C16H24N2O2. The summed E-state index contributed by atoms with van der Waals surface area (Å²) in [5.41, 5.74) is -0.389. The molecule has 1 N–H and O–H groups in total. The highest BCUT2D eigenvalue weighted by Crippen LogP contribution is 2.28. The second-order valence-electron chi connectivity index (χ2n) is 6.44. The fourth-order valence-electron chi connectivity index (χ4n) is 2.52. The molecule has 0 amide bonds. The number of carbonyl (C=O) groups is 1. The summed E-state index contributed by atoms with van der Waals surface area (Å²) in [6.45, 7) is 5.75. The summed E-state index contributed by atoms with van der Waals surface area (Å²) < 4.78 is 5.46. The van der Waals surface area contributed by atoms with Gasteiger partial charge in [-0.2, -0.15) is 0 Å². The van der Waals surface area contributed by atoms with Gasteiger partial charge in [0.15, 0.2) is 0 Å². The number of ether oxygens (including phenoxy) is 1. The number of anilines is 1. The van der Waals surface area contributed by atoms with Crippen LogP contribution in [0.15, 0.2) is 24.4 Å². The van der Waals surface area contributed by atoms with E-state index in [0.29, 0.717) is 6.04 Å². The lowest BCUT2D eigenvalue weighted by Crippen LogP contribution is -2.33. The lowest BCUT2D eigenvalue weighted by molar-refractivity contribution is -0.161. The van der Waals surface area contributed by atoms with Crippen molar-refractivity contribution in [2.45, 2.75) is 58.1 Å². The Kier molecular flexibility index (Phi) is 4.63. The molecule has 110 valence electrons. The van der Waals surface area contributed by atoms with Crippen molar-refractivity contribution in [2.75, 3.05) is 5.32 Å². The Labute approximate surface area is 120 Å². The molecule has 1 saturated carbocycles. The zero-order chi connectivity index (χ0) is 14.6. The third kappa shape index (κ3) is 4.51. The van der Waals surface area contributed by atoms with Crippen LogP contribution in [0.5, 0.6) is 0 Å². The van der Waals surface area contributed by atoms with E-state index < -0.39 is 0 Å². The topological polar surface area (TPSA) is 51.2 Å². The van der Waals surface area contributed by atoms with E-state index in [1.807, 2.05) is 39.0 Å². The van der Waals surface area contributed by atoms with E-state index in [0.717, 1.165) is 31.5 Å². The molecule has 1 aliphatic carbocycles. The fraction of sp³-hybridized carbons (Fsp3) is 0.625. The van der Waals surface area contributed by atoms with Crippen LogP contribution in [0.3, 0.4) is 0 Å². The number of pyridine rings is 1. The van der Waals surface area contributed by atoms with Crippen LogP contribution >= 0.6 is 0 Å². The highest BCUT2D eigenvalue weighted by Gasteiger charge is 2.29. The van der Waals surface area contributed by atoms with E-state index in [9.17, 15) is 4.79 Å². The molecule has 1 aromatic heterocycles. The van der Waals surface area contributed by atoms with Crippen LogP contribution in [-0.2, 0) is 9.53 Å². The van der Waals surface area contributed by atoms with Gasteiger partial charge >= 0.3 is 5.97 Å². The number of esters is 1. The van der Waals surface area contributed by atoms with Crippen LogP contribution in [0.25, 0.3) is 0 Å². The molecule has 0 aliphatic heterocycles. The molecule has 20 heavy (non-hydrogen) atoms. The van der Waals surface area contributed by atoms with Crippen molar-refractivity contribution in [2.24, 2.45) is 5.92 Å². The Morgan fingerprint density at radius 1 is 1.25 bits per heavy atom. The zero-order valence-corrected chi connectivity index (χ0v) is 12.6. The lowest BCUT2D eigenvalue weighted by Gasteiger charge is -2.30. The second kappa shape index (κ2) is 6.25. The van der Waals surface area contributed by atoms with Gasteiger partial charge in [-0.05, 0) is 58.6 Å². The summed E-state index contributed by atoms with van der Waals surface area (Å²) in [4.78, 5) is 16.3. The summed E-state index contributed by atoms with van der Waals surface area (Å²) in [7, 11) is 0. The van der Waals surface area contributed by atoms with E-state index in [2.05, 4.69) is 10.3 Å². The standard InChI is InChI=1S/C16H24N2O2/c1-16(2,3)20-15(19)12-7-9-13(10-8-12)18-14-6-4-5-11-17-14/h4-6,11-13H,7-10H2,1-3H3,(H,17,18). The summed E-state index contributed by atoms with van der Waals surface area (Å²) in [5, 5.41) is 3.43. The summed E-state index contributed by atoms with van der Waals surface area (Å²) >= 11 is 0. The van der Waals surface area contributed by atoms with Crippen molar-refractivity contribution in [1.29, 1.82) is 0 Å². The molecular weight excluding hydrogens is 252 g/mol. The van der Waals surface area contributed by atoms with E-state index in [1.54, 1.807) is 6.20 Å². The normalized spacial score (nSPS) is 23.1. The maximum absolute atomic E-state index is 12.0. The molecule has 4 nitrogen and oxygen atoms in total. The molecule has 0 spiro atoms. The van der Waals surface area contributed by atoms with Crippen molar-refractivity contribution in [3.63, 3.8) is 0 Å². The van der Waals surface area contributed by atoms with Gasteiger partial charge in [0.25, 0.3) is 0 Å². The van der Waals surface area contributed by atoms with Crippen molar-refractivity contribution in [3.05, 3.63) is 24.4 Å². The number of hydrogen-bond donors (Lipinski definition) is 1. The highest BCUT2D eigenvalue weighted by molar-refractivity contribution is 5.73. The van der Waals surface area contributed by atoms with Gasteiger partial charge in [-0.1, -0.05) is 6.07 Å². The van der Waals surface area contributed by atoms with E-state index in [-0.39, 0.29) is 17.5 Å². The number of carbonyl (C=O) groups excluding carboxylic acids is 1. The Bertz CT molecular complexity index is 432. The largest absolute Gasteiger partial charge is 0.460 e. The summed E-state index contributed by atoms with van der Waals surface area (Å²) in [6.07, 6.45) is 5.54. The minimum Gasteiger partial charge on any atom is -0.460 e. The summed E-state index contributed by atoms with van der Waals surface area (Å²) in [6, 6.07) is 6.26. The molecule has 2 rings (SSSR count). The second-order valence-corrected chi connectivity index (χ2v) is 6.44. The minimum absolute atomic E-state index is 0.0474. The van der Waals surface area contributed by atoms with Gasteiger partial charge in [0.05, 0.1) is 5.92 Å². The van der Waals surface area contributed by atoms with Gasteiger partial charge in [0, 0.05) is 12.2 Å². The van der Waals surface area contributed by atoms with Crippen LogP contribution in [0.2, 0.25) is 0 Å². The maximum atomic E-state index is 12.0. The molecule has 1 heterocycles.